The number of guanidine groups is 1. The van der Waals surface area contributed by atoms with Crippen molar-refractivity contribution in [3.05, 3.63) is 29.3 Å². The van der Waals surface area contributed by atoms with Gasteiger partial charge >= 0.3 is 0 Å². The average molecular weight is 273 g/mol. The number of carbonyl (C=O) groups is 1. The van der Waals surface area contributed by atoms with Crippen molar-refractivity contribution >= 4 is 11.9 Å². The second-order valence-electron chi connectivity index (χ2n) is 6.07. The molecule has 0 bridgehead atoms. The van der Waals surface area contributed by atoms with Crippen LogP contribution in [-0.4, -0.2) is 18.5 Å². The SMILES string of the molecule is CC1(C)[C@@H](C(=O)N=C(N)N)[C@@H]1c1cccc2c1CCO2. The molecule has 1 saturated carbocycles. The molecule has 1 fully saturated rings. The molecule has 1 aromatic rings. The molecule has 1 heterocycles. The first-order chi connectivity index (χ1) is 9.43. The fourth-order valence-electron chi connectivity index (χ4n) is 3.42. The Morgan fingerprint density at radius 2 is 2.15 bits per heavy atom. The minimum Gasteiger partial charge on any atom is -0.493 e. The highest BCUT2D eigenvalue weighted by molar-refractivity contribution is 5.95. The van der Waals surface area contributed by atoms with Gasteiger partial charge in [-0.15, -0.1) is 0 Å². The van der Waals surface area contributed by atoms with Gasteiger partial charge in [0.2, 0.25) is 0 Å². The molecule has 1 aliphatic heterocycles. The lowest BCUT2D eigenvalue weighted by atomic mass is 9.96. The molecule has 0 aromatic heterocycles. The third-order valence-corrected chi connectivity index (χ3v) is 4.45. The number of carbonyl (C=O) groups excluding carboxylic acids is 1. The van der Waals surface area contributed by atoms with Gasteiger partial charge in [0.15, 0.2) is 5.96 Å². The third kappa shape index (κ3) is 1.85. The molecule has 0 unspecified atom stereocenters. The van der Waals surface area contributed by atoms with Gasteiger partial charge < -0.3 is 16.2 Å². The van der Waals surface area contributed by atoms with E-state index in [-0.39, 0.29) is 29.1 Å². The van der Waals surface area contributed by atoms with Gasteiger partial charge in [-0.2, -0.15) is 4.99 Å². The topological polar surface area (TPSA) is 90.7 Å². The molecule has 1 aliphatic carbocycles. The molecule has 3 rings (SSSR count). The van der Waals surface area contributed by atoms with E-state index in [9.17, 15) is 4.79 Å². The summed E-state index contributed by atoms with van der Waals surface area (Å²) in [5.74, 6) is 0.555. The summed E-state index contributed by atoms with van der Waals surface area (Å²) in [6.45, 7) is 4.88. The van der Waals surface area contributed by atoms with E-state index in [4.69, 9.17) is 16.2 Å². The van der Waals surface area contributed by atoms with Gasteiger partial charge in [-0.3, -0.25) is 4.79 Å². The normalized spacial score (nSPS) is 25.5. The fraction of sp³-hybridized carbons (Fsp3) is 0.467. The van der Waals surface area contributed by atoms with Gasteiger partial charge in [0.1, 0.15) is 5.75 Å². The number of nitrogens with two attached hydrogens (primary N) is 2. The van der Waals surface area contributed by atoms with Crippen LogP contribution in [0.3, 0.4) is 0 Å². The summed E-state index contributed by atoms with van der Waals surface area (Å²) in [4.78, 5) is 15.8. The van der Waals surface area contributed by atoms with Crippen LogP contribution in [0.1, 0.15) is 30.9 Å². The first-order valence-electron chi connectivity index (χ1n) is 6.81. The largest absolute Gasteiger partial charge is 0.493 e. The molecule has 0 radical (unpaired) electrons. The third-order valence-electron chi connectivity index (χ3n) is 4.45. The Kier molecular flexibility index (Phi) is 2.74. The van der Waals surface area contributed by atoms with E-state index in [1.165, 1.54) is 11.1 Å². The smallest absolute Gasteiger partial charge is 0.253 e. The highest BCUT2D eigenvalue weighted by Gasteiger charge is 2.63. The second-order valence-corrected chi connectivity index (χ2v) is 6.07. The fourth-order valence-corrected chi connectivity index (χ4v) is 3.42. The van der Waals surface area contributed by atoms with E-state index in [2.05, 4.69) is 24.9 Å². The van der Waals surface area contributed by atoms with Crippen LogP contribution in [-0.2, 0) is 11.2 Å². The van der Waals surface area contributed by atoms with E-state index < -0.39 is 0 Å². The van der Waals surface area contributed by atoms with Crippen LogP contribution in [0.4, 0.5) is 0 Å². The zero-order chi connectivity index (χ0) is 14.5. The lowest BCUT2D eigenvalue weighted by molar-refractivity contribution is -0.119. The summed E-state index contributed by atoms with van der Waals surface area (Å²) >= 11 is 0. The van der Waals surface area contributed by atoms with E-state index in [1.54, 1.807) is 0 Å². The zero-order valence-electron chi connectivity index (χ0n) is 11.7. The first-order valence-corrected chi connectivity index (χ1v) is 6.81. The quantitative estimate of drug-likeness (QED) is 0.625. The number of fused-ring (bicyclic) bond motifs is 1. The number of benzene rings is 1. The lowest BCUT2D eigenvalue weighted by Crippen LogP contribution is -2.25. The molecular formula is C15H19N3O2. The predicted octanol–water partition coefficient (Wildman–Crippen LogP) is 1.16. The van der Waals surface area contributed by atoms with Crippen molar-refractivity contribution in [1.82, 2.24) is 0 Å². The van der Waals surface area contributed by atoms with Gasteiger partial charge in [0.25, 0.3) is 5.91 Å². The van der Waals surface area contributed by atoms with E-state index in [0.717, 1.165) is 12.2 Å². The van der Waals surface area contributed by atoms with E-state index >= 15 is 0 Å². The van der Waals surface area contributed by atoms with Crippen molar-refractivity contribution in [2.45, 2.75) is 26.2 Å². The van der Waals surface area contributed by atoms with Crippen LogP contribution in [0.5, 0.6) is 5.75 Å². The molecule has 2 aliphatic rings. The van der Waals surface area contributed by atoms with Crippen molar-refractivity contribution in [3.63, 3.8) is 0 Å². The summed E-state index contributed by atoms with van der Waals surface area (Å²) in [6, 6.07) is 6.05. The summed E-state index contributed by atoms with van der Waals surface area (Å²) in [7, 11) is 0. The molecule has 0 saturated heterocycles. The summed E-state index contributed by atoms with van der Waals surface area (Å²) in [5.41, 5.74) is 12.9. The van der Waals surface area contributed by atoms with Gasteiger partial charge in [0.05, 0.1) is 12.5 Å². The van der Waals surface area contributed by atoms with Gasteiger partial charge in [-0.1, -0.05) is 26.0 Å². The lowest BCUT2D eigenvalue weighted by Gasteiger charge is -2.07. The van der Waals surface area contributed by atoms with Crippen molar-refractivity contribution < 1.29 is 9.53 Å². The zero-order valence-corrected chi connectivity index (χ0v) is 11.7. The van der Waals surface area contributed by atoms with Gasteiger partial charge in [0, 0.05) is 17.9 Å². The Labute approximate surface area is 118 Å². The van der Waals surface area contributed by atoms with Gasteiger partial charge in [-0.05, 0) is 17.0 Å². The maximum Gasteiger partial charge on any atom is 0.253 e. The van der Waals surface area contributed by atoms with Crippen molar-refractivity contribution in [2.24, 2.45) is 27.8 Å². The molecule has 20 heavy (non-hydrogen) atoms. The number of nitrogens with zero attached hydrogens (tertiary/aromatic N) is 1. The van der Waals surface area contributed by atoms with Crippen molar-refractivity contribution in [2.75, 3.05) is 6.61 Å². The number of hydrogen-bond acceptors (Lipinski definition) is 2. The van der Waals surface area contributed by atoms with Crippen LogP contribution in [0.15, 0.2) is 23.2 Å². The maximum absolute atomic E-state index is 12.1. The molecule has 106 valence electrons. The van der Waals surface area contributed by atoms with Gasteiger partial charge in [-0.25, -0.2) is 0 Å². The molecule has 4 N–H and O–H groups in total. The standard InChI is InChI=1S/C15H19N3O2/c1-15(2)11(12(15)13(19)18-14(16)17)9-4-3-5-10-8(9)6-7-20-10/h3-5,11-12H,6-7H2,1-2H3,(H4,16,17,18,19)/t11-,12+/m0/s1. The van der Waals surface area contributed by atoms with Crippen molar-refractivity contribution in [3.8, 4) is 5.75 Å². The highest BCUT2D eigenvalue weighted by Crippen LogP contribution is 2.66. The van der Waals surface area contributed by atoms with Crippen LogP contribution in [0.2, 0.25) is 0 Å². The number of aliphatic imine (C=N–C) groups is 1. The number of hydrogen-bond donors (Lipinski definition) is 2. The molecular weight excluding hydrogens is 254 g/mol. The highest BCUT2D eigenvalue weighted by atomic mass is 16.5. The van der Waals surface area contributed by atoms with Crippen LogP contribution >= 0.6 is 0 Å². The molecule has 0 spiro atoms. The second kappa shape index (κ2) is 4.23. The number of rotatable bonds is 2. The molecule has 1 aromatic carbocycles. The number of ether oxygens (including phenoxy) is 1. The Morgan fingerprint density at radius 1 is 1.40 bits per heavy atom. The summed E-state index contributed by atoms with van der Waals surface area (Å²) in [6.07, 6.45) is 0.904. The van der Waals surface area contributed by atoms with Crippen molar-refractivity contribution in [1.29, 1.82) is 0 Å². The van der Waals surface area contributed by atoms with Crippen LogP contribution in [0.25, 0.3) is 0 Å². The average Bonchev–Trinajstić information content (AvgIpc) is 2.73. The Balaban J connectivity index is 1.94. The Morgan fingerprint density at radius 3 is 2.85 bits per heavy atom. The summed E-state index contributed by atoms with van der Waals surface area (Å²) < 4.78 is 5.59. The number of amides is 1. The van der Waals surface area contributed by atoms with Crippen LogP contribution in [0, 0.1) is 11.3 Å². The Hall–Kier alpha value is -2.04. The predicted molar refractivity (Wildman–Crippen MR) is 76.5 cm³/mol. The molecule has 5 heteroatoms. The molecule has 2 atom stereocenters. The van der Waals surface area contributed by atoms with E-state index in [0.29, 0.717) is 6.61 Å². The molecule has 5 nitrogen and oxygen atoms in total. The van der Waals surface area contributed by atoms with Crippen LogP contribution < -0.4 is 16.2 Å². The monoisotopic (exact) mass is 273 g/mol. The Bertz CT molecular complexity index is 603. The molecule has 1 amide bonds. The first kappa shape index (κ1) is 13.0. The maximum atomic E-state index is 12.1. The summed E-state index contributed by atoms with van der Waals surface area (Å²) in [5, 5.41) is 0. The minimum atomic E-state index is -0.225. The van der Waals surface area contributed by atoms with E-state index in [1.807, 2.05) is 12.1 Å². The minimum absolute atomic E-state index is 0.117.